The lowest BCUT2D eigenvalue weighted by Crippen LogP contribution is -2.45. The Bertz CT molecular complexity index is 596. The van der Waals surface area contributed by atoms with Gasteiger partial charge in [0.25, 0.3) is 5.91 Å². The van der Waals surface area contributed by atoms with Gasteiger partial charge in [-0.1, -0.05) is 6.92 Å². The number of hydrogen-bond acceptors (Lipinski definition) is 4. The average Bonchev–Trinajstić information content (AvgIpc) is 3.01. The molecule has 2 atom stereocenters. The molecule has 1 aromatic heterocycles. The standard InChI is InChI=1S/C14H18N2O4S/c1-4-12-16(11(7-21-12)14(19)20)13(18)10-5-9(8(2)17)6-15(10)3/h5-6,11-12H,4,7H2,1-3H3,(H,19,20). The monoisotopic (exact) mass is 310 g/mol. The molecular weight excluding hydrogens is 292 g/mol. The Morgan fingerprint density at radius 3 is 2.57 bits per heavy atom. The van der Waals surface area contributed by atoms with Crippen molar-refractivity contribution in [1.29, 1.82) is 0 Å². The molecule has 1 amide bonds. The van der Waals surface area contributed by atoms with E-state index in [-0.39, 0.29) is 17.1 Å². The van der Waals surface area contributed by atoms with Crippen molar-refractivity contribution in [2.45, 2.75) is 31.7 Å². The minimum Gasteiger partial charge on any atom is -0.480 e. The summed E-state index contributed by atoms with van der Waals surface area (Å²) in [5.74, 6) is -1.06. The van der Waals surface area contributed by atoms with E-state index in [9.17, 15) is 19.5 Å². The molecule has 21 heavy (non-hydrogen) atoms. The number of carbonyl (C=O) groups is 3. The molecule has 114 valence electrons. The van der Waals surface area contributed by atoms with Crippen LogP contribution in [0.25, 0.3) is 0 Å². The van der Waals surface area contributed by atoms with Crippen LogP contribution in [0.1, 0.15) is 41.1 Å². The highest BCUT2D eigenvalue weighted by molar-refractivity contribution is 8.00. The fourth-order valence-corrected chi connectivity index (χ4v) is 3.79. The Morgan fingerprint density at radius 2 is 2.10 bits per heavy atom. The Balaban J connectivity index is 2.36. The first-order chi connectivity index (χ1) is 9.86. The number of amides is 1. The van der Waals surface area contributed by atoms with Crippen LogP contribution in [0, 0.1) is 0 Å². The first-order valence-corrected chi connectivity index (χ1v) is 7.76. The van der Waals surface area contributed by atoms with Gasteiger partial charge in [0.2, 0.25) is 0 Å². The average molecular weight is 310 g/mol. The zero-order chi connectivity index (χ0) is 15.7. The molecule has 2 rings (SSSR count). The van der Waals surface area contributed by atoms with Crippen molar-refractivity contribution in [3.05, 3.63) is 23.5 Å². The smallest absolute Gasteiger partial charge is 0.327 e. The molecule has 2 heterocycles. The second kappa shape index (κ2) is 5.93. The zero-order valence-corrected chi connectivity index (χ0v) is 13.0. The first kappa shape index (κ1) is 15.6. The third kappa shape index (κ3) is 2.83. The number of ketones is 1. The van der Waals surface area contributed by atoms with Crippen LogP contribution in [0.2, 0.25) is 0 Å². The van der Waals surface area contributed by atoms with Crippen LogP contribution in [0.15, 0.2) is 12.3 Å². The van der Waals surface area contributed by atoms with Crippen LogP contribution < -0.4 is 0 Å². The van der Waals surface area contributed by atoms with E-state index in [1.165, 1.54) is 29.7 Å². The molecule has 0 saturated carbocycles. The molecule has 0 aliphatic carbocycles. The van der Waals surface area contributed by atoms with Crippen molar-refractivity contribution in [1.82, 2.24) is 9.47 Å². The van der Waals surface area contributed by atoms with E-state index in [2.05, 4.69) is 0 Å². The van der Waals surface area contributed by atoms with E-state index in [4.69, 9.17) is 0 Å². The van der Waals surface area contributed by atoms with Gasteiger partial charge in [-0.25, -0.2) is 4.79 Å². The normalized spacial score (nSPS) is 21.6. The molecule has 0 aromatic carbocycles. The molecule has 1 saturated heterocycles. The van der Waals surface area contributed by atoms with Gasteiger partial charge in [0, 0.05) is 24.6 Å². The summed E-state index contributed by atoms with van der Waals surface area (Å²) in [5.41, 5.74) is 0.792. The van der Waals surface area contributed by atoms with Gasteiger partial charge in [-0.3, -0.25) is 9.59 Å². The van der Waals surface area contributed by atoms with Crippen molar-refractivity contribution >= 4 is 29.4 Å². The van der Waals surface area contributed by atoms with Crippen LogP contribution in [0.5, 0.6) is 0 Å². The lowest BCUT2D eigenvalue weighted by atomic mass is 10.2. The fourth-order valence-electron chi connectivity index (χ4n) is 2.44. The minimum absolute atomic E-state index is 0.123. The molecule has 1 aliphatic heterocycles. The number of carboxylic acid groups (broad SMARTS) is 1. The second-order valence-corrected chi connectivity index (χ2v) is 6.25. The quantitative estimate of drug-likeness (QED) is 0.855. The Labute approximate surface area is 127 Å². The third-order valence-electron chi connectivity index (χ3n) is 3.59. The number of aryl methyl sites for hydroxylation is 1. The molecular formula is C14H18N2O4S. The molecule has 0 radical (unpaired) electrons. The molecule has 2 unspecified atom stereocenters. The maximum absolute atomic E-state index is 12.7. The third-order valence-corrected chi connectivity index (χ3v) is 5.05. The van der Waals surface area contributed by atoms with Crippen LogP contribution in [-0.4, -0.2) is 49.4 Å². The Hall–Kier alpha value is -1.76. The summed E-state index contributed by atoms with van der Waals surface area (Å²) in [5, 5.41) is 9.14. The summed E-state index contributed by atoms with van der Waals surface area (Å²) in [6.07, 6.45) is 2.28. The van der Waals surface area contributed by atoms with Gasteiger partial charge in [-0.15, -0.1) is 11.8 Å². The molecule has 0 bridgehead atoms. The predicted molar refractivity (Wildman–Crippen MR) is 79.5 cm³/mol. The number of carboxylic acids is 1. The van der Waals surface area contributed by atoms with Crippen molar-refractivity contribution in [2.24, 2.45) is 7.05 Å². The van der Waals surface area contributed by atoms with E-state index < -0.39 is 12.0 Å². The van der Waals surface area contributed by atoms with Gasteiger partial charge in [-0.05, 0) is 19.4 Å². The van der Waals surface area contributed by atoms with Gasteiger partial charge in [0.15, 0.2) is 5.78 Å². The van der Waals surface area contributed by atoms with Gasteiger partial charge < -0.3 is 14.6 Å². The number of nitrogens with zero attached hydrogens (tertiary/aromatic N) is 2. The van der Waals surface area contributed by atoms with Gasteiger partial charge in [-0.2, -0.15) is 0 Å². The van der Waals surface area contributed by atoms with Crippen LogP contribution in [0.3, 0.4) is 0 Å². The topological polar surface area (TPSA) is 79.6 Å². The van der Waals surface area contributed by atoms with E-state index in [0.29, 0.717) is 23.4 Å². The van der Waals surface area contributed by atoms with Crippen molar-refractivity contribution in [2.75, 3.05) is 5.75 Å². The summed E-state index contributed by atoms with van der Waals surface area (Å²) in [7, 11) is 1.68. The largest absolute Gasteiger partial charge is 0.480 e. The molecule has 7 heteroatoms. The maximum Gasteiger partial charge on any atom is 0.327 e. The number of hydrogen-bond donors (Lipinski definition) is 1. The van der Waals surface area contributed by atoms with Crippen LogP contribution in [0.4, 0.5) is 0 Å². The SMILES string of the molecule is CCC1SCC(C(=O)O)N1C(=O)c1cc(C(C)=O)cn1C. The molecule has 6 nitrogen and oxygen atoms in total. The summed E-state index contributed by atoms with van der Waals surface area (Å²) in [4.78, 5) is 36.9. The molecule has 0 spiro atoms. The second-order valence-electron chi connectivity index (χ2n) is 5.04. The van der Waals surface area contributed by atoms with Crippen LogP contribution >= 0.6 is 11.8 Å². The maximum atomic E-state index is 12.7. The summed E-state index contributed by atoms with van der Waals surface area (Å²) in [6.45, 7) is 3.36. The van der Waals surface area contributed by atoms with Crippen molar-refractivity contribution in [3.8, 4) is 0 Å². The van der Waals surface area contributed by atoms with Gasteiger partial charge in [0.05, 0.1) is 5.37 Å². The summed E-state index contributed by atoms with van der Waals surface area (Å²) < 4.78 is 1.58. The van der Waals surface area contributed by atoms with Gasteiger partial charge in [0.1, 0.15) is 11.7 Å². The zero-order valence-electron chi connectivity index (χ0n) is 12.2. The Morgan fingerprint density at radius 1 is 1.43 bits per heavy atom. The van der Waals surface area contributed by atoms with Gasteiger partial charge >= 0.3 is 5.97 Å². The first-order valence-electron chi connectivity index (χ1n) is 6.71. The number of carbonyl (C=O) groups excluding carboxylic acids is 2. The lowest BCUT2D eigenvalue weighted by molar-refractivity contribution is -0.141. The van der Waals surface area contributed by atoms with E-state index in [1.54, 1.807) is 17.8 Å². The number of Topliss-reactive ketones (excluding diaryl/α,β-unsaturated/α-hetero) is 1. The number of thioether (sulfide) groups is 1. The minimum atomic E-state index is -0.993. The Kier molecular flexibility index (Phi) is 4.41. The highest BCUT2D eigenvalue weighted by Crippen LogP contribution is 2.32. The molecule has 1 N–H and O–H groups in total. The van der Waals surface area contributed by atoms with E-state index >= 15 is 0 Å². The van der Waals surface area contributed by atoms with Crippen molar-refractivity contribution < 1.29 is 19.5 Å². The molecule has 1 aliphatic rings. The van der Waals surface area contributed by atoms with Crippen LogP contribution in [-0.2, 0) is 11.8 Å². The molecule has 1 aromatic rings. The fraction of sp³-hybridized carbons (Fsp3) is 0.500. The van der Waals surface area contributed by atoms with Crippen molar-refractivity contribution in [3.63, 3.8) is 0 Å². The number of aliphatic carboxylic acids is 1. The summed E-state index contributed by atoms with van der Waals surface area (Å²) in [6, 6.07) is 0.711. The lowest BCUT2D eigenvalue weighted by Gasteiger charge is -2.26. The number of aromatic nitrogens is 1. The van der Waals surface area contributed by atoms with E-state index in [1.807, 2.05) is 6.92 Å². The predicted octanol–water partition coefficient (Wildman–Crippen LogP) is 1.61. The van der Waals surface area contributed by atoms with E-state index in [0.717, 1.165) is 0 Å². The highest BCUT2D eigenvalue weighted by Gasteiger charge is 2.41. The summed E-state index contributed by atoms with van der Waals surface area (Å²) >= 11 is 1.48. The highest BCUT2D eigenvalue weighted by atomic mass is 32.2. The number of rotatable bonds is 4. The molecule has 1 fully saturated rings.